The fourth-order valence-corrected chi connectivity index (χ4v) is 2.51. The average Bonchev–Trinajstić information content (AvgIpc) is 2.39. The number of methoxy groups -OCH3 is 1. The Morgan fingerprint density at radius 3 is 3.06 bits per heavy atom. The minimum atomic E-state index is -0.301. The first-order valence-electron chi connectivity index (χ1n) is 6.53. The first-order valence-corrected chi connectivity index (χ1v) is 6.53. The molecule has 1 heterocycles. The Labute approximate surface area is 107 Å². The van der Waals surface area contributed by atoms with Crippen LogP contribution in [0.5, 0.6) is 11.6 Å². The van der Waals surface area contributed by atoms with E-state index in [2.05, 4.69) is 16.9 Å². The van der Waals surface area contributed by atoms with Gasteiger partial charge in [0.05, 0.1) is 13.4 Å². The average molecular weight is 252 g/mol. The van der Waals surface area contributed by atoms with Gasteiger partial charge in [-0.2, -0.15) is 0 Å². The van der Waals surface area contributed by atoms with Crippen LogP contribution in [0.1, 0.15) is 39.0 Å². The molecule has 0 aliphatic heterocycles. The van der Waals surface area contributed by atoms with Gasteiger partial charge in [0.25, 0.3) is 11.4 Å². The van der Waals surface area contributed by atoms with Crippen molar-refractivity contribution in [1.82, 2.24) is 9.97 Å². The van der Waals surface area contributed by atoms with Gasteiger partial charge in [-0.25, -0.2) is 4.98 Å². The summed E-state index contributed by atoms with van der Waals surface area (Å²) >= 11 is 0. The molecule has 5 heteroatoms. The van der Waals surface area contributed by atoms with Gasteiger partial charge in [0.15, 0.2) is 0 Å². The Hall–Kier alpha value is -1.52. The van der Waals surface area contributed by atoms with Crippen molar-refractivity contribution in [1.29, 1.82) is 0 Å². The van der Waals surface area contributed by atoms with E-state index in [-0.39, 0.29) is 17.4 Å². The lowest BCUT2D eigenvalue weighted by molar-refractivity contribution is 0.112. The van der Waals surface area contributed by atoms with Crippen LogP contribution in [0.25, 0.3) is 0 Å². The number of hydrogen-bond acceptors (Lipinski definition) is 4. The molecule has 0 spiro atoms. The lowest BCUT2D eigenvalue weighted by Crippen LogP contribution is -2.26. The highest BCUT2D eigenvalue weighted by molar-refractivity contribution is 5.29. The molecule has 100 valence electrons. The monoisotopic (exact) mass is 252 g/mol. The molecule has 0 saturated heterocycles. The van der Waals surface area contributed by atoms with Crippen molar-refractivity contribution in [3.05, 3.63) is 16.7 Å². The van der Waals surface area contributed by atoms with Crippen LogP contribution in [0.4, 0.5) is 0 Å². The summed E-state index contributed by atoms with van der Waals surface area (Å²) in [6, 6.07) is 0. The summed E-state index contributed by atoms with van der Waals surface area (Å²) in [4.78, 5) is 18.1. The van der Waals surface area contributed by atoms with E-state index in [1.807, 2.05) is 0 Å². The molecule has 1 saturated carbocycles. The quantitative estimate of drug-likeness (QED) is 0.891. The normalized spacial score (nSPS) is 23.7. The summed E-state index contributed by atoms with van der Waals surface area (Å²) in [5, 5.41) is 0. The predicted molar refractivity (Wildman–Crippen MR) is 68.1 cm³/mol. The zero-order valence-electron chi connectivity index (χ0n) is 10.9. The van der Waals surface area contributed by atoms with E-state index < -0.39 is 0 Å². The van der Waals surface area contributed by atoms with Gasteiger partial charge in [-0.3, -0.25) is 4.79 Å². The molecule has 0 bridgehead atoms. The molecule has 0 amide bonds. The van der Waals surface area contributed by atoms with Gasteiger partial charge in [0.1, 0.15) is 6.10 Å². The SMILES string of the molecule is CCC1CCCC(Oc2nc[nH]c(=O)c2OC)C1. The van der Waals surface area contributed by atoms with Crippen LogP contribution in [-0.2, 0) is 0 Å². The fraction of sp³-hybridized carbons (Fsp3) is 0.692. The van der Waals surface area contributed by atoms with Gasteiger partial charge in [0, 0.05) is 0 Å². The third-order valence-electron chi connectivity index (χ3n) is 3.57. The Morgan fingerprint density at radius 1 is 1.50 bits per heavy atom. The van der Waals surface area contributed by atoms with Crippen LogP contribution >= 0.6 is 0 Å². The van der Waals surface area contributed by atoms with E-state index in [9.17, 15) is 4.79 Å². The molecule has 0 aromatic carbocycles. The topological polar surface area (TPSA) is 64.2 Å². The van der Waals surface area contributed by atoms with E-state index in [1.165, 1.54) is 32.7 Å². The Kier molecular flexibility index (Phi) is 4.23. The molecule has 1 aromatic heterocycles. The zero-order valence-corrected chi connectivity index (χ0v) is 10.9. The number of nitrogens with one attached hydrogen (secondary N) is 1. The van der Waals surface area contributed by atoms with Crippen LogP contribution < -0.4 is 15.0 Å². The molecule has 0 radical (unpaired) electrons. The second-order valence-electron chi connectivity index (χ2n) is 4.75. The second-order valence-corrected chi connectivity index (χ2v) is 4.75. The molecule has 2 atom stereocenters. The summed E-state index contributed by atoms with van der Waals surface area (Å²) in [6.45, 7) is 2.21. The molecule has 1 aliphatic carbocycles. The third-order valence-corrected chi connectivity index (χ3v) is 3.57. The second kappa shape index (κ2) is 5.89. The molecule has 2 rings (SSSR count). The third kappa shape index (κ3) is 2.83. The fourth-order valence-electron chi connectivity index (χ4n) is 2.51. The van der Waals surface area contributed by atoms with E-state index in [0.29, 0.717) is 5.88 Å². The van der Waals surface area contributed by atoms with Gasteiger partial charge in [0.2, 0.25) is 5.75 Å². The van der Waals surface area contributed by atoms with E-state index in [4.69, 9.17) is 9.47 Å². The molecule has 1 aromatic rings. The standard InChI is InChI=1S/C13H20N2O3/c1-3-9-5-4-6-10(7-9)18-13-11(17-2)12(16)14-8-15-13/h8-10H,3-7H2,1-2H3,(H,14,15,16). The smallest absolute Gasteiger partial charge is 0.297 e. The number of H-pyrrole nitrogens is 1. The van der Waals surface area contributed by atoms with Crippen LogP contribution in [-0.4, -0.2) is 23.2 Å². The number of aromatic amines is 1. The summed E-state index contributed by atoms with van der Waals surface area (Å²) < 4.78 is 10.9. The van der Waals surface area contributed by atoms with Gasteiger partial charge in [-0.05, 0) is 25.2 Å². The first kappa shape index (κ1) is 12.9. The number of hydrogen-bond donors (Lipinski definition) is 1. The van der Waals surface area contributed by atoms with Gasteiger partial charge < -0.3 is 14.5 Å². The van der Waals surface area contributed by atoms with Crippen molar-refractivity contribution in [3.8, 4) is 11.6 Å². The van der Waals surface area contributed by atoms with Crippen molar-refractivity contribution in [2.45, 2.75) is 45.1 Å². The van der Waals surface area contributed by atoms with Crippen LogP contribution in [0, 0.1) is 5.92 Å². The Bertz CT molecular complexity index is 444. The Balaban J connectivity index is 2.09. The van der Waals surface area contributed by atoms with E-state index in [1.54, 1.807) is 0 Å². The molecule has 5 nitrogen and oxygen atoms in total. The van der Waals surface area contributed by atoms with Crippen molar-refractivity contribution >= 4 is 0 Å². The zero-order chi connectivity index (χ0) is 13.0. The minimum Gasteiger partial charge on any atom is -0.487 e. The highest BCUT2D eigenvalue weighted by atomic mass is 16.5. The summed E-state index contributed by atoms with van der Waals surface area (Å²) in [6.07, 6.45) is 7.18. The number of nitrogens with zero attached hydrogens (tertiary/aromatic N) is 1. The molecule has 1 N–H and O–H groups in total. The maximum absolute atomic E-state index is 11.5. The maximum atomic E-state index is 11.5. The largest absolute Gasteiger partial charge is 0.487 e. The van der Waals surface area contributed by atoms with Crippen LogP contribution in [0.3, 0.4) is 0 Å². The number of rotatable bonds is 4. The highest BCUT2D eigenvalue weighted by Crippen LogP contribution is 2.30. The lowest BCUT2D eigenvalue weighted by Gasteiger charge is -2.28. The van der Waals surface area contributed by atoms with E-state index in [0.717, 1.165) is 18.8 Å². The lowest BCUT2D eigenvalue weighted by atomic mass is 9.85. The molecular weight excluding hydrogens is 232 g/mol. The molecule has 1 aliphatic rings. The Morgan fingerprint density at radius 2 is 2.33 bits per heavy atom. The summed E-state index contributed by atoms with van der Waals surface area (Å²) in [7, 11) is 1.45. The van der Waals surface area contributed by atoms with Crippen LogP contribution in [0.15, 0.2) is 11.1 Å². The maximum Gasteiger partial charge on any atom is 0.297 e. The summed E-state index contributed by atoms with van der Waals surface area (Å²) in [5.74, 6) is 1.19. The van der Waals surface area contributed by atoms with Crippen LogP contribution in [0.2, 0.25) is 0 Å². The van der Waals surface area contributed by atoms with Crippen molar-refractivity contribution < 1.29 is 9.47 Å². The number of ether oxygens (including phenoxy) is 2. The van der Waals surface area contributed by atoms with E-state index >= 15 is 0 Å². The highest BCUT2D eigenvalue weighted by Gasteiger charge is 2.24. The van der Waals surface area contributed by atoms with Crippen molar-refractivity contribution in [3.63, 3.8) is 0 Å². The number of aromatic nitrogens is 2. The van der Waals surface area contributed by atoms with Gasteiger partial charge in [-0.1, -0.05) is 19.8 Å². The predicted octanol–water partition coefficient (Wildman–Crippen LogP) is 2.13. The van der Waals surface area contributed by atoms with Gasteiger partial charge >= 0.3 is 0 Å². The molecule has 18 heavy (non-hydrogen) atoms. The van der Waals surface area contributed by atoms with Crippen molar-refractivity contribution in [2.24, 2.45) is 5.92 Å². The molecule has 2 unspecified atom stereocenters. The molecular formula is C13H20N2O3. The van der Waals surface area contributed by atoms with Gasteiger partial charge in [-0.15, -0.1) is 0 Å². The minimum absolute atomic E-state index is 0.145. The van der Waals surface area contributed by atoms with Crippen molar-refractivity contribution in [2.75, 3.05) is 7.11 Å². The first-order chi connectivity index (χ1) is 8.74. The molecule has 1 fully saturated rings. The summed E-state index contributed by atoms with van der Waals surface area (Å²) in [5.41, 5.74) is -0.301.